The van der Waals surface area contributed by atoms with Gasteiger partial charge in [0.15, 0.2) is 23.1 Å². The number of carbonyl (C=O) groups is 4. The molecule has 4 N–H and O–H groups in total. The number of aliphatic hydroxyl groups is 4. The summed E-state index contributed by atoms with van der Waals surface area (Å²) in [5.41, 5.74) is 25.4. The number of allylic oxidation sites excluding steroid dienone is 8. The van der Waals surface area contributed by atoms with Crippen LogP contribution in [0.25, 0.3) is 100 Å². The van der Waals surface area contributed by atoms with Crippen LogP contribution in [0, 0.1) is 45.0 Å². The number of carbonyl (C=O) groups excluding carboxylic acids is 4. The Bertz CT molecular complexity index is 5130. The standard InChI is InChI=1S/C24H18N.3C18H14N.4C5H8O2.4Ir/c1-24(2)20-9-5-4-8-18(20)19-13-11-17(15-21(19)24)23-14-12-16-7-3-6-10-22(16)25-23;1-14-6-5-9-17(12-14)18-13-16(10-11-19-18)15-7-3-2-4-8-15;1-14-6-5-9-16(12-14)17-10-11-19-18(13-17)15-7-3-2-4-8-15;1-14-7-9-15(10-8-14)17-11-12-19-18(13-17)16-5-3-2-4-6-16;4*1-4(6)3-5(2)7;;;;/h3-10,12-15H,1-2H3;2-8,10-13H,1H3;2-7,9-13H,1H3;2-5,7-13H,1H3;4*3,6H,1-2H3;;;;/q4*-1;;;;;;;;. The minimum absolute atomic E-state index is 0. The van der Waals surface area contributed by atoms with Crippen molar-refractivity contribution in [3.8, 4) is 89.5 Å². The molecule has 14 rings (SSSR count). The number of ketones is 4. The zero-order valence-corrected chi connectivity index (χ0v) is 75.4. The van der Waals surface area contributed by atoms with Crippen molar-refractivity contribution in [2.75, 3.05) is 0 Å². The molecule has 4 radical (unpaired) electrons. The number of para-hydroxylation sites is 1. The first-order chi connectivity index (χ1) is 52.6. The molecule has 0 unspecified atom stereocenters. The van der Waals surface area contributed by atoms with Gasteiger partial charge in [0.2, 0.25) is 0 Å². The maximum absolute atomic E-state index is 10.0. The number of aryl methyl sites for hydroxylation is 3. The number of nitrogens with zero attached hydrogens (tertiary/aromatic N) is 4. The van der Waals surface area contributed by atoms with E-state index in [1.165, 1.54) is 157 Å². The summed E-state index contributed by atoms with van der Waals surface area (Å²) in [6.07, 6.45) is 10.2. The van der Waals surface area contributed by atoms with Gasteiger partial charge in [-0.3, -0.25) is 24.2 Å². The molecule has 0 saturated heterocycles. The summed E-state index contributed by atoms with van der Waals surface area (Å²) in [6, 6.07) is 100. The molecule has 13 aromatic rings. The van der Waals surface area contributed by atoms with Crippen molar-refractivity contribution in [3.05, 3.63) is 373 Å². The predicted molar refractivity (Wildman–Crippen MR) is 448 cm³/mol. The third kappa shape index (κ3) is 32.4. The van der Waals surface area contributed by atoms with Crippen molar-refractivity contribution < 1.29 is 120 Å². The second-order valence-corrected chi connectivity index (χ2v) is 26.5. The first-order valence-electron chi connectivity index (χ1n) is 35.7. The Kier molecular flexibility index (Phi) is 42.5. The van der Waals surface area contributed by atoms with Gasteiger partial charge in [0.25, 0.3) is 0 Å². The number of aliphatic hydroxyl groups excluding tert-OH is 4. The molecule has 0 spiro atoms. The van der Waals surface area contributed by atoms with E-state index in [4.69, 9.17) is 25.4 Å². The molecule has 4 aromatic heterocycles. The number of hydrogen-bond acceptors (Lipinski definition) is 12. The summed E-state index contributed by atoms with van der Waals surface area (Å²) in [7, 11) is 0. The molecule has 16 heteroatoms. The Morgan fingerprint density at radius 3 is 1.20 bits per heavy atom. The van der Waals surface area contributed by atoms with Crippen molar-refractivity contribution in [2.45, 2.75) is 95.4 Å². The topological polar surface area (TPSA) is 201 Å². The second kappa shape index (κ2) is 49.7. The van der Waals surface area contributed by atoms with Gasteiger partial charge in [-0.2, -0.15) is 0 Å². The van der Waals surface area contributed by atoms with Crippen LogP contribution in [0.5, 0.6) is 0 Å². The van der Waals surface area contributed by atoms with E-state index < -0.39 is 0 Å². The molecular weight excluding hydrogens is 2130 g/mol. The van der Waals surface area contributed by atoms with E-state index in [0.717, 1.165) is 50.5 Å². The van der Waals surface area contributed by atoms with Crippen LogP contribution in [0.3, 0.4) is 0 Å². The Labute approximate surface area is 725 Å². The van der Waals surface area contributed by atoms with Crippen LogP contribution in [0.15, 0.2) is 321 Å². The van der Waals surface area contributed by atoms with Gasteiger partial charge in [-0.15, -0.1) is 137 Å². The van der Waals surface area contributed by atoms with Crippen LogP contribution < -0.4 is 0 Å². The Morgan fingerprint density at radius 2 is 0.737 bits per heavy atom. The fourth-order valence-electron chi connectivity index (χ4n) is 11.5. The summed E-state index contributed by atoms with van der Waals surface area (Å²) in [5.74, 6) is -0.250. The number of aromatic nitrogens is 4. The Morgan fingerprint density at radius 1 is 0.325 bits per heavy atom. The third-order valence-electron chi connectivity index (χ3n) is 16.4. The summed E-state index contributed by atoms with van der Waals surface area (Å²) < 4.78 is 0. The van der Waals surface area contributed by atoms with Gasteiger partial charge in [-0.1, -0.05) is 195 Å². The zero-order chi connectivity index (χ0) is 79.7. The first-order valence-corrected chi connectivity index (χ1v) is 35.7. The minimum atomic E-state index is -0.125. The van der Waals surface area contributed by atoms with E-state index >= 15 is 0 Å². The van der Waals surface area contributed by atoms with E-state index in [0.29, 0.717) is 0 Å². The normalized spacial score (nSPS) is 11.1. The van der Waals surface area contributed by atoms with Gasteiger partial charge < -0.3 is 35.4 Å². The monoisotopic (exact) mass is 2220 g/mol. The van der Waals surface area contributed by atoms with Crippen LogP contribution in [0.1, 0.15) is 97.1 Å². The van der Waals surface area contributed by atoms with Crippen molar-refractivity contribution in [1.29, 1.82) is 0 Å². The molecule has 9 aromatic carbocycles. The third-order valence-corrected chi connectivity index (χ3v) is 16.4. The number of hydrogen-bond donors (Lipinski definition) is 4. The van der Waals surface area contributed by atoms with Crippen LogP contribution >= 0.6 is 0 Å². The van der Waals surface area contributed by atoms with E-state index in [-0.39, 0.29) is 132 Å². The van der Waals surface area contributed by atoms with Crippen LogP contribution in [0.2, 0.25) is 0 Å². The molecule has 0 bridgehead atoms. The fraction of sp³-hybridized carbons (Fsp3) is 0.143. The maximum Gasteiger partial charge on any atom is 0.155 e. The Balaban J connectivity index is 0.000000352. The van der Waals surface area contributed by atoms with E-state index in [1.54, 1.807) is 0 Å². The molecule has 4 heterocycles. The average molecular weight is 2220 g/mol. The van der Waals surface area contributed by atoms with E-state index in [9.17, 15) is 19.2 Å². The number of rotatable bonds is 11. The molecule has 0 saturated carbocycles. The smallest absolute Gasteiger partial charge is 0.155 e. The van der Waals surface area contributed by atoms with E-state index in [1.807, 2.05) is 128 Å². The molecule has 0 atom stereocenters. The molecule has 0 fully saturated rings. The first kappa shape index (κ1) is 97.5. The second-order valence-electron chi connectivity index (χ2n) is 26.5. The van der Waals surface area contributed by atoms with Gasteiger partial charge in [0.1, 0.15) is 0 Å². The number of pyridine rings is 4. The van der Waals surface area contributed by atoms with Gasteiger partial charge in [0, 0.05) is 123 Å². The molecular formula is C98H92Ir4N4O8-4. The molecule has 0 aliphatic heterocycles. The summed E-state index contributed by atoms with van der Waals surface area (Å²) in [5, 5.41) is 34.6. The van der Waals surface area contributed by atoms with Crippen LogP contribution in [-0.4, -0.2) is 63.5 Å². The molecule has 1 aliphatic rings. The largest absolute Gasteiger partial charge is 0.512 e. The average Bonchev–Trinajstić information content (AvgIpc) is 1.57. The number of fused-ring (bicyclic) bond motifs is 4. The summed E-state index contributed by atoms with van der Waals surface area (Å²) >= 11 is 0. The predicted octanol–water partition coefficient (Wildman–Crippen LogP) is 23.7. The van der Waals surface area contributed by atoms with Gasteiger partial charge in [-0.05, 0) is 166 Å². The summed E-state index contributed by atoms with van der Waals surface area (Å²) in [6.45, 7) is 22.3. The molecule has 592 valence electrons. The van der Waals surface area contributed by atoms with Crippen molar-refractivity contribution >= 4 is 34.0 Å². The van der Waals surface area contributed by atoms with Gasteiger partial charge >= 0.3 is 0 Å². The van der Waals surface area contributed by atoms with Crippen molar-refractivity contribution in [1.82, 2.24) is 19.9 Å². The molecule has 1 aliphatic carbocycles. The van der Waals surface area contributed by atoms with E-state index in [2.05, 4.69) is 219 Å². The zero-order valence-electron chi connectivity index (χ0n) is 65.8. The Hall–Kier alpha value is -10.7. The van der Waals surface area contributed by atoms with Crippen molar-refractivity contribution in [3.63, 3.8) is 0 Å². The van der Waals surface area contributed by atoms with Crippen LogP contribution in [-0.2, 0) is 105 Å². The molecule has 0 amide bonds. The molecule has 114 heavy (non-hydrogen) atoms. The summed E-state index contributed by atoms with van der Waals surface area (Å²) in [4.78, 5) is 58.2. The van der Waals surface area contributed by atoms with Gasteiger partial charge in [0.05, 0.1) is 28.6 Å². The maximum atomic E-state index is 10.0. The van der Waals surface area contributed by atoms with Crippen LogP contribution in [0.4, 0.5) is 0 Å². The fourth-order valence-corrected chi connectivity index (χ4v) is 11.5. The molecule has 12 nitrogen and oxygen atoms in total. The quantitative estimate of drug-likeness (QED) is 0.0543. The number of benzene rings is 9. The van der Waals surface area contributed by atoms with Gasteiger partial charge in [-0.25, -0.2) is 0 Å². The minimum Gasteiger partial charge on any atom is -0.512 e. The SMILES string of the molecule is CC(=O)C=C(C)O.CC(=O)C=C(C)O.CC(=O)C=C(C)O.CC(=O)C=C(C)O.CC1(C)c2ccccc2-c2c[c-]c(-c3ccc4ccccc4n3)cc21.Cc1cc[c-]c(-c2cc(-c3ccccc3)ccn2)c1.Cc1ccc(-c2ccnc(-c3[c-]cccc3)c2)cc1.Cc1cccc(-c2ccnc(-c3[c-]cccc3)c2)c1.[Ir].[Ir].[Ir].[Ir]. The van der Waals surface area contributed by atoms with Crippen molar-refractivity contribution in [2.24, 2.45) is 0 Å².